The molecule has 0 fully saturated rings. The maximum atomic E-state index is 14.0. The average Bonchev–Trinajstić information content (AvgIpc) is 2.95. The average molecular weight is 715 g/mol. The maximum absolute atomic E-state index is 14.0. The lowest BCUT2D eigenvalue weighted by Crippen LogP contribution is -2.58. The maximum Gasteiger partial charge on any atom is 0.447 e. The van der Waals surface area contributed by atoms with E-state index in [2.05, 4.69) is 20.1 Å². The van der Waals surface area contributed by atoms with Gasteiger partial charge in [-0.25, -0.2) is 22.7 Å². The number of halogens is 8. The van der Waals surface area contributed by atoms with Crippen LogP contribution in [0.25, 0.3) is 0 Å². The minimum absolute atomic E-state index is 0.00215. The van der Waals surface area contributed by atoms with Crippen LogP contribution in [-0.4, -0.2) is 46.5 Å². The number of ether oxygens (including phenoxy) is 2. The van der Waals surface area contributed by atoms with Crippen molar-refractivity contribution in [2.24, 2.45) is 0 Å². The number of aryl methyl sites for hydroxylation is 1. The van der Waals surface area contributed by atoms with Crippen LogP contribution in [0.15, 0.2) is 65.6 Å². The fraction of sp³-hybridized carbons (Fsp3) is 0.259. The van der Waals surface area contributed by atoms with E-state index in [-0.39, 0.29) is 31.9 Å². The molecule has 5 rings (SSSR count). The summed E-state index contributed by atoms with van der Waals surface area (Å²) in [5, 5.41) is 6.42. The van der Waals surface area contributed by atoms with Crippen LogP contribution in [0, 0.1) is 6.92 Å². The second kappa shape index (κ2) is 12.4. The highest BCUT2D eigenvalue weighted by molar-refractivity contribution is 7.89. The Hall–Kier alpha value is -3.77. The summed E-state index contributed by atoms with van der Waals surface area (Å²) in [6.45, 7) is 0.386. The molecule has 0 aromatic heterocycles. The third-order valence-corrected chi connectivity index (χ3v) is 8.65. The number of fused-ring (bicyclic) bond motifs is 2. The van der Waals surface area contributed by atoms with Crippen LogP contribution in [0.1, 0.15) is 16.7 Å². The van der Waals surface area contributed by atoms with E-state index < -0.39 is 58.0 Å². The lowest BCUT2D eigenvalue weighted by Gasteiger charge is -2.39. The molecule has 19 heteroatoms. The van der Waals surface area contributed by atoms with Crippen LogP contribution in [0.4, 0.5) is 47.3 Å². The molecule has 0 saturated carbocycles. The summed E-state index contributed by atoms with van der Waals surface area (Å²) in [4.78, 5) is 22.8. The molecule has 2 heterocycles. The SMILES string of the molecule is CNC1(C(F)(F)F)OC(=O)Nc2ccc(Cl)cc21.Cc1cccc(S(=O)(=O)NCC2(C(F)(F)F)OC(=O)Nc3ccc(Cl)cc32)c1. The van der Waals surface area contributed by atoms with Gasteiger partial charge in [0.05, 0.1) is 22.8 Å². The van der Waals surface area contributed by atoms with Crippen LogP contribution in [0.3, 0.4) is 0 Å². The standard InChI is InChI=1S/C17H14ClF3N2O4S.C10H8ClF3N2O2/c1-10-3-2-4-12(7-10)28(25,26)22-9-16(17(19,20)21)13-8-11(18)5-6-14(13)23-15(24)27-16;1-15-9(10(12,13)14)6-4-5(11)2-3-7(6)16-8(17)18-9/h2-8,22H,9H2,1H3,(H,23,24);2-4,15H,1H3,(H,16,17). The highest BCUT2D eigenvalue weighted by Gasteiger charge is 2.63. The van der Waals surface area contributed by atoms with Crippen molar-refractivity contribution in [3.63, 3.8) is 0 Å². The quantitative estimate of drug-likeness (QED) is 0.214. The van der Waals surface area contributed by atoms with Gasteiger partial charge in [-0.05, 0) is 68.1 Å². The Morgan fingerprint density at radius 3 is 1.87 bits per heavy atom. The van der Waals surface area contributed by atoms with Crippen molar-refractivity contribution in [1.82, 2.24) is 10.0 Å². The molecule has 2 atom stereocenters. The molecule has 3 aromatic rings. The number of amides is 2. The number of cyclic esters (lactones) is 2. The molecule has 248 valence electrons. The number of carbonyl (C=O) groups excluding carboxylic acids is 2. The van der Waals surface area contributed by atoms with Crippen LogP contribution >= 0.6 is 23.2 Å². The van der Waals surface area contributed by atoms with E-state index in [0.717, 1.165) is 19.2 Å². The van der Waals surface area contributed by atoms with Crippen molar-refractivity contribution < 1.29 is 53.8 Å². The van der Waals surface area contributed by atoms with Crippen LogP contribution in [-0.2, 0) is 30.8 Å². The van der Waals surface area contributed by atoms with Gasteiger partial charge in [-0.3, -0.25) is 16.0 Å². The summed E-state index contributed by atoms with van der Waals surface area (Å²) in [5.41, 5.74) is -6.49. The molecule has 2 unspecified atom stereocenters. The van der Waals surface area contributed by atoms with Gasteiger partial charge >= 0.3 is 24.5 Å². The van der Waals surface area contributed by atoms with Gasteiger partial charge in [-0.15, -0.1) is 0 Å². The Bertz CT molecular complexity index is 1790. The summed E-state index contributed by atoms with van der Waals surface area (Å²) in [7, 11) is -3.25. The van der Waals surface area contributed by atoms with Crippen molar-refractivity contribution in [2.75, 3.05) is 24.2 Å². The molecule has 10 nitrogen and oxygen atoms in total. The van der Waals surface area contributed by atoms with Gasteiger partial charge in [0.15, 0.2) is 0 Å². The molecule has 0 aliphatic carbocycles. The number of anilines is 2. The molecule has 0 spiro atoms. The number of hydrogen-bond acceptors (Lipinski definition) is 7. The van der Waals surface area contributed by atoms with Crippen molar-refractivity contribution >= 4 is 56.8 Å². The highest BCUT2D eigenvalue weighted by Crippen LogP contribution is 2.48. The van der Waals surface area contributed by atoms with Gasteiger partial charge in [0.1, 0.15) is 0 Å². The van der Waals surface area contributed by atoms with E-state index in [1.54, 1.807) is 13.0 Å². The first-order valence-corrected chi connectivity index (χ1v) is 15.0. The third kappa shape index (κ3) is 6.69. The van der Waals surface area contributed by atoms with E-state index >= 15 is 0 Å². The number of hydrogen-bond donors (Lipinski definition) is 4. The van der Waals surface area contributed by atoms with Crippen LogP contribution < -0.4 is 20.7 Å². The van der Waals surface area contributed by atoms with Gasteiger partial charge < -0.3 is 9.47 Å². The van der Waals surface area contributed by atoms with E-state index in [4.69, 9.17) is 23.2 Å². The Morgan fingerprint density at radius 1 is 0.804 bits per heavy atom. The van der Waals surface area contributed by atoms with Crippen molar-refractivity contribution in [3.8, 4) is 0 Å². The lowest BCUT2D eigenvalue weighted by molar-refractivity contribution is -0.275. The van der Waals surface area contributed by atoms with E-state index in [0.29, 0.717) is 5.56 Å². The molecule has 2 amide bonds. The molecule has 2 aliphatic rings. The predicted molar refractivity (Wildman–Crippen MR) is 154 cm³/mol. The lowest BCUT2D eigenvalue weighted by atomic mass is 9.90. The first-order chi connectivity index (χ1) is 21.2. The van der Waals surface area contributed by atoms with E-state index in [1.165, 1.54) is 42.5 Å². The van der Waals surface area contributed by atoms with Crippen LogP contribution in [0.5, 0.6) is 0 Å². The van der Waals surface area contributed by atoms with Crippen LogP contribution in [0.2, 0.25) is 10.0 Å². The molecular formula is C27H22Cl2F6N4O6S. The largest absolute Gasteiger partial charge is 0.447 e. The highest BCUT2D eigenvalue weighted by atomic mass is 35.5. The Kier molecular flexibility index (Phi) is 9.49. The number of benzene rings is 3. The zero-order valence-corrected chi connectivity index (χ0v) is 25.7. The molecule has 0 saturated heterocycles. The first-order valence-electron chi connectivity index (χ1n) is 12.7. The summed E-state index contributed by atoms with van der Waals surface area (Å²) < 4.78 is 118. The Balaban J connectivity index is 0.000000230. The summed E-state index contributed by atoms with van der Waals surface area (Å²) >= 11 is 11.5. The third-order valence-electron chi connectivity index (χ3n) is 6.78. The number of nitrogens with one attached hydrogen (secondary N) is 4. The summed E-state index contributed by atoms with van der Waals surface area (Å²) in [6.07, 6.45) is -12.5. The molecule has 4 N–H and O–H groups in total. The topological polar surface area (TPSA) is 135 Å². The fourth-order valence-electron chi connectivity index (χ4n) is 4.60. The monoisotopic (exact) mass is 714 g/mol. The zero-order chi connectivity index (χ0) is 34.3. The normalized spacial score (nSPS) is 20.9. The minimum Gasteiger partial charge on any atom is -0.426 e. The van der Waals surface area contributed by atoms with Gasteiger partial charge in [0.25, 0.3) is 5.72 Å². The molecule has 0 bridgehead atoms. The summed E-state index contributed by atoms with van der Waals surface area (Å²) in [5.74, 6) is 0. The van der Waals surface area contributed by atoms with Crippen molar-refractivity contribution in [3.05, 3.63) is 87.4 Å². The zero-order valence-electron chi connectivity index (χ0n) is 23.4. The Morgan fingerprint density at radius 2 is 1.35 bits per heavy atom. The Labute approximate surface area is 267 Å². The van der Waals surface area contributed by atoms with E-state index in [1.807, 2.05) is 10.0 Å². The van der Waals surface area contributed by atoms with Gasteiger partial charge in [0, 0.05) is 21.2 Å². The van der Waals surface area contributed by atoms with Gasteiger partial charge in [-0.1, -0.05) is 35.3 Å². The van der Waals surface area contributed by atoms with Crippen molar-refractivity contribution in [2.45, 2.75) is 35.5 Å². The predicted octanol–water partition coefficient (Wildman–Crippen LogP) is 6.78. The minimum atomic E-state index is -5.13. The second-order valence-electron chi connectivity index (χ2n) is 9.80. The van der Waals surface area contributed by atoms with Gasteiger partial charge in [0.2, 0.25) is 15.6 Å². The first kappa shape index (κ1) is 35.1. The molecule has 46 heavy (non-hydrogen) atoms. The molecule has 2 aliphatic heterocycles. The molecular weight excluding hydrogens is 693 g/mol. The smallest absolute Gasteiger partial charge is 0.426 e. The van der Waals surface area contributed by atoms with Gasteiger partial charge in [-0.2, -0.15) is 26.3 Å². The van der Waals surface area contributed by atoms with E-state index in [9.17, 15) is 44.3 Å². The number of carbonyl (C=O) groups is 2. The molecule has 0 radical (unpaired) electrons. The number of sulfonamides is 1. The number of rotatable bonds is 5. The fourth-order valence-corrected chi connectivity index (χ4v) is 6.10. The second-order valence-corrected chi connectivity index (χ2v) is 12.4. The summed E-state index contributed by atoms with van der Waals surface area (Å²) in [6, 6.07) is 12.9. The van der Waals surface area contributed by atoms with Crippen molar-refractivity contribution in [1.29, 1.82) is 0 Å². The molecule has 3 aromatic carbocycles. The number of alkyl halides is 6.